The van der Waals surface area contributed by atoms with Gasteiger partial charge in [0.25, 0.3) is 0 Å². The Kier molecular flexibility index (Phi) is 4.02. The van der Waals surface area contributed by atoms with Crippen molar-refractivity contribution in [1.82, 2.24) is 0 Å². The molecule has 2 nitrogen and oxygen atoms in total. The Balaban J connectivity index is 2.23. The molecule has 0 saturated carbocycles. The van der Waals surface area contributed by atoms with E-state index < -0.39 is 0 Å². The fraction of sp³-hybridized carbons (Fsp3) is 0.143. The average molecular weight is 339 g/mol. The second-order valence-corrected chi connectivity index (χ2v) is 5.05. The maximum absolute atomic E-state index is 6.21. The summed E-state index contributed by atoms with van der Waals surface area (Å²) in [4.78, 5) is 0. The highest BCUT2D eigenvalue weighted by atomic mass is 127. The first-order valence-corrected chi connectivity index (χ1v) is 6.43. The van der Waals surface area contributed by atoms with Crippen molar-refractivity contribution in [3.05, 3.63) is 63.2 Å². The minimum Gasteiger partial charge on any atom is -0.497 e. The summed E-state index contributed by atoms with van der Waals surface area (Å²) in [6.45, 7) is 0. The second kappa shape index (κ2) is 5.51. The molecule has 1 unspecified atom stereocenters. The van der Waals surface area contributed by atoms with Crippen molar-refractivity contribution in [3.63, 3.8) is 0 Å². The Bertz CT molecular complexity index is 479. The van der Waals surface area contributed by atoms with Gasteiger partial charge in [-0.25, -0.2) is 0 Å². The van der Waals surface area contributed by atoms with Crippen LogP contribution in [-0.4, -0.2) is 7.11 Å². The van der Waals surface area contributed by atoms with Gasteiger partial charge >= 0.3 is 0 Å². The Morgan fingerprint density at radius 3 is 1.88 bits per heavy atom. The van der Waals surface area contributed by atoms with Crippen LogP contribution in [0.15, 0.2) is 48.5 Å². The summed E-state index contributed by atoms with van der Waals surface area (Å²) in [5.74, 6) is 0.851. The molecule has 2 aromatic rings. The highest BCUT2D eigenvalue weighted by Gasteiger charge is 2.08. The first-order valence-electron chi connectivity index (χ1n) is 5.35. The van der Waals surface area contributed by atoms with Crippen molar-refractivity contribution < 1.29 is 4.74 Å². The summed E-state index contributed by atoms with van der Waals surface area (Å²) >= 11 is 2.29. The van der Waals surface area contributed by atoms with Crippen LogP contribution in [0.3, 0.4) is 0 Å². The van der Waals surface area contributed by atoms with Crippen molar-refractivity contribution in [1.29, 1.82) is 0 Å². The molecule has 0 radical (unpaired) electrons. The van der Waals surface area contributed by atoms with Gasteiger partial charge in [-0.1, -0.05) is 24.3 Å². The molecule has 0 aromatic heterocycles. The van der Waals surface area contributed by atoms with Crippen molar-refractivity contribution in [2.75, 3.05) is 7.11 Å². The molecule has 0 amide bonds. The van der Waals surface area contributed by atoms with Gasteiger partial charge in [-0.15, -0.1) is 0 Å². The van der Waals surface area contributed by atoms with Crippen LogP contribution in [0.25, 0.3) is 0 Å². The van der Waals surface area contributed by atoms with Crippen LogP contribution in [0.5, 0.6) is 5.75 Å². The maximum Gasteiger partial charge on any atom is 0.118 e. The summed E-state index contributed by atoms with van der Waals surface area (Å²) in [6.07, 6.45) is 0. The first-order chi connectivity index (χ1) is 8.20. The van der Waals surface area contributed by atoms with E-state index in [1.54, 1.807) is 7.11 Å². The molecular formula is C14H14INO. The minimum atomic E-state index is -0.0853. The van der Waals surface area contributed by atoms with Gasteiger partial charge in [0.2, 0.25) is 0 Å². The zero-order valence-corrected chi connectivity index (χ0v) is 11.7. The van der Waals surface area contributed by atoms with Crippen LogP contribution in [0.4, 0.5) is 0 Å². The standard InChI is InChI=1S/C14H14INO/c1-17-13-8-4-11(5-9-13)14(16)10-2-6-12(15)7-3-10/h2-9,14H,16H2,1H3. The maximum atomic E-state index is 6.21. The van der Waals surface area contributed by atoms with E-state index in [1.807, 2.05) is 24.3 Å². The van der Waals surface area contributed by atoms with E-state index in [1.165, 1.54) is 3.57 Å². The summed E-state index contributed by atoms with van der Waals surface area (Å²) in [5, 5.41) is 0. The third-order valence-electron chi connectivity index (χ3n) is 2.70. The molecular weight excluding hydrogens is 325 g/mol. The van der Waals surface area contributed by atoms with E-state index >= 15 is 0 Å². The van der Waals surface area contributed by atoms with Crippen molar-refractivity contribution in [2.24, 2.45) is 5.73 Å². The average Bonchev–Trinajstić information content (AvgIpc) is 2.39. The molecule has 0 fully saturated rings. The topological polar surface area (TPSA) is 35.2 Å². The van der Waals surface area contributed by atoms with Crippen molar-refractivity contribution in [3.8, 4) is 5.75 Å². The molecule has 0 aliphatic carbocycles. The lowest BCUT2D eigenvalue weighted by molar-refractivity contribution is 0.414. The fourth-order valence-corrected chi connectivity index (χ4v) is 2.03. The molecule has 2 rings (SSSR count). The second-order valence-electron chi connectivity index (χ2n) is 3.80. The lowest BCUT2D eigenvalue weighted by Crippen LogP contribution is -2.11. The quantitative estimate of drug-likeness (QED) is 0.871. The number of rotatable bonds is 3. The number of benzene rings is 2. The van der Waals surface area contributed by atoms with E-state index in [0.717, 1.165) is 16.9 Å². The lowest BCUT2D eigenvalue weighted by atomic mass is 10.00. The van der Waals surface area contributed by atoms with E-state index in [4.69, 9.17) is 10.5 Å². The van der Waals surface area contributed by atoms with Gasteiger partial charge in [0, 0.05) is 3.57 Å². The predicted molar refractivity (Wildman–Crippen MR) is 78.2 cm³/mol. The van der Waals surface area contributed by atoms with E-state index in [0.29, 0.717) is 0 Å². The SMILES string of the molecule is COc1ccc(C(N)c2ccc(I)cc2)cc1. The molecule has 0 aliphatic rings. The summed E-state index contributed by atoms with van der Waals surface area (Å²) in [7, 11) is 1.66. The number of ether oxygens (including phenoxy) is 1. The Hall–Kier alpha value is -1.07. The fourth-order valence-electron chi connectivity index (χ4n) is 1.67. The molecule has 2 aromatic carbocycles. The molecule has 0 saturated heterocycles. The Morgan fingerprint density at radius 2 is 1.41 bits per heavy atom. The van der Waals surface area contributed by atoms with Crippen LogP contribution < -0.4 is 10.5 Å². The van der Waals surface area contributed by atoms with E-state index in [2.05, 4.69) is 46.9 Å². The van der Waals surface area contributed by atoms with Crippen LogP contribution in [0, 0.1) is 3.57 Å². The number of hydrogen-bond acceptors (Lipinski definition) is 2. The van der Waals surface area contributed by atoms with Gasteiger partial charge in [0.05, 0.1) is 13.2 Å². The normalized spacial score (nSPS) is 12.2. The number of halogens is 1. The Labute approximate surface area is 115 Å². The highest BCUT2D eigenvalue weighted by Crippen LogP contribution is 2.22. The van der Waals surface area contributed by atoms with E-state index in [-0.39, 0.29) is 6.04 Å². The van der Waals surface area contributed by atoms with Crippen LogP contribution in [0.1, 0.15) is 17.2 Å². The van der Waals surface area contributed by atoms with Gasteiger partial charge in [-0.3, -0.25) is 0 Å². The van der Waals surface area contributed by atoms with E-state index in [9.17, 15) is 0 Å². The smallest absolute Gasteiger partial charge is 0.118 e. The van der Waals surface area contributed by atoms with Gasteiger partial charge in [-0.2, -0.15) is 0 Å². The van der Waals surface area contributed by atoms with Crippen molar-refractivity contribution in [2.45, 2.75) is 6.04 Å². The molecule has 0 aliphatic heterocycles. The molecule has 2 N–H and O–H groups in total. The molecule has 88 valence electrons. The van der Waals surface area contributed by atoms with Crippen LogP contribution >= 0.6 is 22.6 Å². The molecule has 0 spiro atoms. The molecule has 3 heteroatoms. The monoisotopic (exact) mass is 339 g/mol. The van der Waals surface area contributed by atoms with Gasteiger partial charge in [0.1, 0.15) is 5.75 Å². The summed E-state index contributed by atoms with van der Waals surface area (Å²) in [5.41, 5.74) is 8.43. The zero-order valence-electron chi connectivity index (χ0n) is 9.56. The third-order valence-corrected chi connectivity index (χ3v) is 3.42. The van der Waals surface area contributed by atoms with Gasteiger partial charge in [0.15, 0.2) is 0 Å². The first kappa shape index (κ1) is 12.4. The van der Waals surface area contributed by atoms with Gasteiger partial charge < -0.3 is 10.5 Å². The predicted octanol–water partition coefficient (Wildman–Crippen LogP) is 3.35. The van der Waals surface area contributed by atoms with Crippen molar-refractivity contribution >= 4 is 22.6 Å². The van der Waals surface area contributed by atoms with Crippen LogP contribution in [-0.2, 0) is 0 Å². The molecule has 1 atom stereocenters. The molecule has 17 heavy (non-hydrogen) atoms. The van der Waals surface area contributed by atoms with Gasteiger partial charge in [-0.05, 0) is 58.0 Å². The number of nitrogens with two attached hydrogens (primary N) is 1. The summed E-state index contributed by atoms with van der Waals surface area (Å²) < 4.78 is 6.34. The number of hydrogen-bond donors (Lipinski definition) is 1. The Morgan fingerprint density at radius 1 is 0.941 bits per heavy atom. The zero-order chi connectivity index (χ0) is 12.3. The highest BCUT2D eigenvalue weighted by molar-refractivity contribution is 14.1. The largest absolute Gasteiger partial charge is 0.497 e. The summed E-state index contributed by atoms with van der Waals surface area (Å²) in [6, 6.07) is 16.1. The lowest BCUT2D eigenvalue weighted by Gasteiger charge is -2.13. The third kappa shape index (κ3) is 2.98. The molecule has 0 heterocycles. The molecule has 0 bridgehead atoms. The van der Waals surface area contributed by atoms with Crippen LogP contribution in [0.2, 0.25) is 0 Å². The number of methoxy groups -OCH3 is 1. The minimum absolute atomic E-state index is 0.0853.